The smallest absolute Gasteiger partial charge is 0.351 e. The van der Waals surface area contributed by atoms with Gasteiger partial charge in [-0.3, -0.25) is 4.57 Å². The van der Waals surface area contributed by atoms with E-state index in [-0.39, 0.29) is 44.0 Å². The molecule has 0 amide bonds. The van der Waals surface area contributed by atoms with E-state index in [1.54, 1.807) is 33.7 Å². The first-order valence-electron chi connectivity index (χ1n) is 22.8. The number of unbranched alkanes of at least 4 members (excludes halogenated alkanes) is 2. The molecule has 0 spiro atoms. The third kappa shape index (κ3) is 13.3. The number of nitrogens with zero attached hydrogens (tertiary/aromatic N) is 6. The summed E-state index contributed by atoms with van der Waals surface area (Å²) in [6.07, 6.45) is 6.01. The number of methoxy groups -OCH3 is 2. The van der Waals surface area contributed by atoms with Crippen molar-refractivity contribution in [3.8, 4) is 29.4 Å². The molecule has 0 bridgehead atoms. The Morgan fingerprint density at radius 3 is 2.03 bits per heavy atom. The van der Waals surface area contributed by atoms with Crippen LogP contribution in [0.15, 0.2) is 94.8 Å². The van der Waals surface area contributed by atoms with Gasteiger partial charge in [0.2, 0.25) is 0 Å². The fourth-order valence-electron chi connectivity index (χ4n) is 7.90. The molecule has 1 aliphatic rings. The number of ether oxygens (including phenoxy) is 4. The highest BCUT2D eigenvalue weighted by atomic mass is 31.2. The van der Waals surface area contributed by atoms with E-state index in [4.69, 9.17) is 33.0 Å². The number of aliphatic imine (C=N–C) groups is 1. The van der Waals surface area contributed by atoms with Crippen LogP contribution in [0.2, 0.25) is 0 Å². The standard InChI is InChI=1S/C51H67N6O7P/c1-10-13-31-55(32-14-11-2)37-53-49-40(19-12-3)35-56(50(58)54-49)48-34-46(64-65(62-33-18-30-52)57(38(4)5)39(6)7)47(63-48)36-61-51(41-20-16-15-17-21-41,42-22-26-44(59-8)27-23-42)43-24-28-45(60-9)29-25-43/h15-17,20-29,35,37-39,46-48H,10-11,13-14,18,31-34,36H2,1-9H3/t46-,47+,48+,65?/m0/s1. The minimum absolute atomic E-state index is 0.0381. The van der Waals surface area contributed by atoms with Crippen LogP contribution in [0.3, 0.4) is 0 Å². The Morgan fingerprint density at radius 2 is 1.51 bits per heavy atom. The van der Waals surface area contributed by atoms with Crippen LogP contribution >= 0.6 is 8.53 Å². The van der Waals surface area contributed by atoms with Crippen molar-refractivity contribution in [2.24, 2.45) is 4.99 Å². The van der Waals surface area contributed by atoms with Gasteiger partial charge in [-0.25, -0.2) is 14.5 Å². The van der Waals surface area contributed by atoms with E-state index in [1.165, 1.54) is 4.57 Å². The summed E-state index contributed by atoms with van der Waals surface area (Å²) in [5, 5.41) is 9.46. The van der Waals surface area contributed by atoms with Crippen molar-refractivity contribution in [3.63, 3.8) is 0 Å². The fourth-order valence-corrected chi connectivity index (χ4v) is 9.66. The predicted octanol–water partition coefficient (Wildman–Crippen LogP) is 10.2. The molecule has 1 aromatic heterocycles. The zero-order chi connectivity index (χ0) is 46.8. The Kier molecular flexibility index (Phi) is 20.0. The highest BCUT2D eigenvalue weighted by Gasteiger charge is 2.45. The molecular formula is C51H67N6O7P. The van der Waals surface area contributed by atoms with Crippen LogP contribution < -0.4 is 15.2 Å². The predicted molar refractivity (Wildman–Crippen MR) is 257 cm³/mol. The molecular weight excluding hydrogens is 840 g/mol. The van der Waals surface area contributed by atoms with Crippen molar-refractivity contribution in [1.82, 2.24) is 19.1 Å². The van der Waals surface area contributed by atoms with Gasteiger partial charge in [0.05, 0.1) is 57.9 Å². The van der Waals surface area contributed by atoms with Crippen molar-refractivity contribution in [2.45, 2.75) is 123 Å². The zero-order valence-corrected chi connectivity index (χ0v) is 40.5. The van der Waals surface area contributed by atoms with E-state index in [0.717, 1.165) is 55.5 Å². The van der Waals surface area contributed by atoms with Crippen LogP contribution in [0.5, 0.6) is 11.5 Å². The second kappa shape index (κ2) is 25.5. The van der Waals surface area contributed by atoms with Crippen LogP contribution in [-0.2, 0) is 24.1 Å². The molecule has 1 fully saturated rings. The van der Waals surface area contributed by atoms with Gasteiger partial charge in [-0.1, -0.05) is 87.2 Å². The first-order valence-corrected chi connectivity index (χ1v) is 23.9. The van der Waals surface area contributed by atoms with Gasteiger partial charge in [-0.05, 0) is 88.4 Å². The van der Waals surface area contributed by atoms with E-state index in [1.807, 2.05) is 78.9 Å². The Bertz CT molecular complexity index is 2190. The third-order valence-corrected chi connectivity index (χ3v) is 13.3. The molecule has 1 saturated heterocycles. The number of aromatic nitrogens is 2. The average molecular weight is 907 g/mol. The summed E-state index contributed by atoms with van der Waals surface area (Å²) in [4.78, 5) is 25.5. The molecule has 0 saturated carbocycles. The number of rotatable bonds is 25. The second-order valence-corrected chi connectivity index (χ2v) is 17.8. The molecule has 2 heterocycles. The summed E-state index contributed by atoms with van der Waals surface area (Å²) in [6, 6.07) is 28.1. The Morgan fingerprint density at radius 1 is 0.923 bits per heavy atom. The first kappa shape index (κ1) is 50.9. The largest absolute Gasteiger partial charge is 0.497 e. The van der Waals surface area contributed by atoms with Crippen LogP contribution in [0, 0.1) is 23.2 Å². The minimum Gasteiger partial charge on any atom is -0.497 e. The van der Waals surface area contributed by atoms with E-state index < -0.39 is 38.3 Å². The molecule has 1 aliphatic heterocycles. The second-order valence-electron chi connectivity index (χ2n) is 16.4. The summed E-state index contributed by atoms with van der Waals surface area (Å²) in [6.45, 7) is 16.4. The van der Waals surface area contributed by atoms with Gasteiger partial charge >= 0.3 is 5.69 Å². The molecule has 65 heavy (non-hydrogen) atoms. The molecule has 14 heteroatoms. The molecule has 1 unspecified atom stereocenters. The lowest BCUT2D eigenvalue weighted by atomic mass is 9.80. The maximum absolute atomic E-state index is 14.1. The van der Waals surface area contributed by atoms with E-state index >= 15 is 0 Å². The van der Waals surface area contributed by atoms with Gasteiger partial charge < -0.3 is 32.9 Å². The van der Waals surface area contributed by atoms with Gasteiger partial charge in [0.1, 0.15) is 29.4 Å². The van der Waals surface area contributed by atoms with Gasteiger partial charge in [0, 0.05) is 37.8 Å². The van der Waals surface area contributed by atoms with Crippen molar-refractivity contribution >= 4 is 20.7 Å². The SMILES string of the molecule is CC#Cc1cn([C@H]2C[C@H](OP(OCCC#N)N(C(C)C)C(C)C)[C@@H](COC(c3ccccc3)(c3ccc(OC)cc3)c3ccc(OC)cc3)O2)c(=O)nc1N=CN(CCCC)CCCC. The zero-order valence-electron chi connectivity index (χ0n) is 39.6. The normalized spacial score (nSPS) is 16.8. The van der Waals surface area contributed by atoms with E-state index in [2.05, 4.69) is 74.0 Å². The Labute approximate surface area is 387 Å². The third-order valence-electron chi connectivity index (χ3n) is 11.1. The highest BCUT2D eigenvalue weighted by Crippen LogP contribution is 2.51. The van der Waals surface area contributed by atoms with Crippen LogP contribution in [-0.4, -0.2) is 90.3 Å². The van der Waals surface area contributed by atoms with Gasteiger partial charge in [-0.15, -0.1) is 5.92 Å². The molecule has 4 atom stereocenters. The monoisotopic (exact) mass is 906 g/mol. The Balaban J connectivity index is 1.61. The molecule has 0 radical (unpaired) electrons. The number of hydrogen-bond acceptors (Lipinski definition) is 11. The van der Waals surface area contributed by atoms with Gasteiger partial charge in [0.15, 0.2) is 5.82 Å². The van der Waals surface area contributed by atoms with E-state index in [0.29, 0.717) is 17.1 Å². The van der Waals surface area contributed by atoms with E-state index in [9.17, 15) is 10.1 Å². The summed E-state index contributed by atoms with van der Waals surface area (Å²) in [7, 11) is 1.58. The fraction of sp³-hybridized carbons (Fsp3) is 0.490. The molecule has 13 nitrogen and oxygen atoms in total. The van der Waals surface area contributed by atoms with Crippen LogP contribution in [0.25, 0.3) is 0 Å². The quantitative estimate of drug-likeness (QED) is 0.0157. The summed E-state index contributed by atoms with van der Waals surface area (Å²) < 4.78 is 42.6. The maximum atomic E-state index is 14.1. The highest BCUT2D eigenvalue weighted by molar-refractivity contribution is 7.44. The molecule has 348 valence electrons. The van der Waals surface area contributed by atoms with Crippen molar-refractivity contribution < 1.29 is 28.0 Å². The van der Waals surface area contributed by atoms with Crippen LogP contribution in [0.4, 0.5) is 5.82 Å². The number of benzene rings is 3. The lowest BCUT2D eigenvalue weighted by Gasteiger charge is -2.39. The number of nitriles is 1. The molecule has 4 aromatic rings. The van der Waals surface area contributed by atoms with Crippen molar-refractivity contribution in [3.05, 3.63) is 118 Å². The van der Waals surface area contributed by atoms with Gasteiger partial charge in [0.25, 0.3) is 8.53 Å². The number of hydrogen-bond donors (Lipinski definition) is 0. The molecule has 0 N–H and O–H groups in total. The molecule has 5 rings (SSSR count). The summed E-state index contributed by atoms with van der Waals surface area (Å²) >= 11 is 0. The van der Waals surface area contributed by atoms with Crippen LogP contribution in [0.1, 0.15) is 115 Å². The summed E-state index contributed by atoms with van der Waals surface area (Å²) in [5.74, 6) is 7.79. The lowest BCUT2D eigenvalue weighted by Crippen LogP contribution is -2.39. The first-order chi connectivity index (χ1) is 31.5. The molecule has 3 aromatic carbocycles. The van der Waals surface area contributed by atoms with Crippen molar-refractivity contribution in [2.75, 3.05) is 40.5 Å². The maximum Gasteiger partial charge on any atom is 0.351 e. The topological polar surface area (TPSA) is 133 Å². The average Bonchev–Trinajstić information content (AvgIpc) is 3.71. The summed E-state index contributed by atoms with van der Waals surface area (Å²) in [5.41, 5.74) is 1.44. The van der Waals surface area contributed by atoms with Crippen molar-refractivity contribution in [1.29, 1.82) is 5.26 Å². The lowest BCUT2D eigenvalue weighted by molar-refractivity contribution is -0.0925. The minimum atomic E-state index is -1.70. The molecule has 0 aliphatic carbocycles. The van der Waals surface area contributed by atoms with Gasteiger partial charge in [-0.2, -0.15) is 10.2 Å². The Hall–Kier alpha value is -5.11.